The number of hydrogen-bond acceptors (Lipinski definition) is 3. The highest BCUT2D eigenvalue weighted by Crippen LogP contribution is 2.15. The van der Waals surface area contributed by atoms with Gasteiger partial charge in [-0.2, -0.15) is 5.10 Å². The summed E-state index contributed by atoms with van der Waals surface area (Å²) in [6, 6.07) is 18.6. The Balaban J connectivity index is 0.00000341. The zero-order valence-electron chi connectivity index (χ0n) is 18.7. The number of aryl methyl sites for hydroxylation is 1. The molecular weight excluding hydrogens is 501 g/mol. The van der Waals surface area contributed by atoms with Crippen LogP contribution in [0, 0.1) is 13.8 Å². The van der Waals surface area contributed by atoms with Crippen LogP contribution in [0.15, 0.2) is 59.6 Å². The van der Waals surface area contributed by atoms with E-state index in [0.29, 0.717) is 6.54 Å². The molecule has 1 heterocycles. The number of nitrogens with one attached hydrogen (secondary N) is 2. The first kappa shape index (κ1) is 24.7. The highest BCUT2D eigenvalue weighted by Gasteiger charge is 2.12. The number of methoxy groups -OCH3 is 1. The van der Waals surface area contributed by atoms with E-state index in [9.17, 15) is 0 Å². The van der Waals surface area contributed by atoms with Crippen LogP contribution >= 0.6 is 24.0 Å². The summed E-state index contributed by atoms with van der Waals surface area (Å²) in [6.45, 7) is 6.46. The molecule has 0 unspecified atom stereocenters. The molecule has 0 radical (unpaired) electrons. The van der Waals surface area contributed by atoms with E-state index in [1.54, 1.807) is 14.2 Å². The molecule has 6 nitrogen and oxygen atoms in total. The summed E-state index contributed by atoms with van der Waals surface area (Å²) in [6.07, 6.45) is 0.914. The van der Waals surface area contributed by atoms with E-state index in [2.05, 4.69) is 70.6 Å². The first-order valence-electron chi connectivity index (χ1n) is 10.2. The molecule has 2 N–H and O–H groups in total. The summed E-state index contributed by atoms with van der Waals surface area (Å²) in [5.41, 5.74) is 5.94. The number of aliphatic imine (C=N–C) groups is 1. The number of aromatic nitrogens is 2. The molecule has 1 aromatic heterocycles. The molecule has 0 amide bonds. The van der Waals surface area contributed by atoms with Crippen molar-refractivity contribution in [1.29, 1.82) is 0 Å². The molecule has 0 atom stereocenters. The Labute approximate surface area is 202 Å². The highest BCUT2D eigenvalue weighted by molar-refractivity contribution is 14.0. The predicted octanol–water partition coefficient (Wildman–Crippen LogP) is 4.08. The molecule has 0 bridgehead atoms. The van der Waals surface area contributed by atoms with Crippen molar-refractivity contribution < 1.29 is 4.74 Å². The SMILES string of the molecule is CN=C(NCCc1ccc(OC)cc1)NCc1c(C)nn(Cc2ccccc2)c1C.I. The first-order chi connectivity index (χ1) is 14.6. The topological polar surface area (TPSA) is 63.5 Å². The van der Waals surface area contributed by atoms with E-state index in [4.69, 9.17) is 9.84 Å². The molecule has 0 saturated carbocycles. The summed E-state index contributed by atoms with van der Waals surface area (Å²) in [5, 5.41) is 11.5. The van der Waals surface area contributed by atoms with Crippen molar-refractivity contribution in [2.75, 3.05) is 20.7 Å². The third-order valence-corrected chi connectivity index (χ3v) is 5.23. The fourth-order valence-electron chi connectivity index (χ4n) is 3.41. The van der Waals surface area contributed by atoms with Crippen LogP contribution < -0.4 is 15.4 Å². The average molecular weight is 533 g/mol. The molecular formula is C24H32IN5O. The maximum atomic E-state index is 5.21. The van der Waals surface area contributed by atoms with Crippen LogP contribution in [0.25, 0.3) is 0 Å². The lowest BCUT2D eigenvalue weighted by molar-refractivity contribution is 0.414. The minimum Gasteiger partial charge on any atom is -0.497 e. The van der Waals surface area contributed by atoms with Crippen molar-refractivity contribution in [2.24, 2.45) is 4.99 Å². The number of ether oxygens (including phenoxy) is 1. The maximum Gasteiger partial charge on any atom is 0.191 e. The van der Waals surface area contributed by atoms with E-state index in [1.807, 2.05) is 18.2 Å². The van der Waals surface area contributed by atoms with Crippen LogP contribution in [0.1, 0.15) is 28.1 Å². The molecule has 166 valence electrons. The van der Waals surface area contributed by atoms with E-state index in [-0.39, 0.29) is 24.0 Å². The van der Waals surface area contributed by atoms with Gasteiger partial charge in [0.05, 0.1) is 19.3 Å². The smallest absolute Gasteiger partial charge is 0.191 e. The second kappa shape index (κ2) is 12.3. The molecule has 0 saturated heterocycles. The van der Waals surface area contributed by atoms with Crippen molar-refractivity contribution in [1.82, 2.24) is 20.4 Å². The Kier molecular flexibility index (Phi) is 9.84. The summed E-state index contributed by atoms with van der Waals surface area (Å²) in [5.74, 6) is 1.67. The van der Waals surface area contributed by atoms with Crippen LogP contribution in [-0.4, -0.2) is 36.4 Å². The highest BCUT2D eigenvalue weighted by atomic mass is 127. The molecule has 31 heavy (non-hydrogen) atoms. The third kappa shape index (κ3) is 6.99. The van der Waals surface area contributed by atoms with Crippen LogP contribution in [0.2, 0.25) is 0 Å². The molecule has 3 aromatic rings. The van der Waals surface area contributed by atoms with Gasteiger partial charge in [0, 0.05) is 31.4 Å². The Morgan fingerprint density at radius 3 is 2.35 bits per heavy atom. The molecule has 0 aliphatic rings. The Morgan fingerprint density at radius 1 is 1.00 bits per heavy atom. The normalized spacial score (nSPS) is 11.0. The number of rotatable bonds is 8. The number of benzene rings is 2. The Morgan fingerprint density at radius 2 is 1.71 bits per heavy atom. The van der Waals surface area contributed by atoms with Crippen LogP contribution in [0.3, 0.4) is 0 Å². The van der Waals surface area contributed by atoms with E-state index in [1.165, 1.54) is 22.4 Å². The van der Waals surface area contributed by atoms with Gasteiger partial charge < -0.3 is 15.4 Å². The predicted molar refractivity (Wildman–Crippen MR) is 138 cm³/mol. The van der Waals surface area contributed by atoms with Crippen molar-refractivity contribution in [3.05, 3.63) is 82.7 Å². The van der Waals surface area contributed by atoms with E-state index in [0.717, 1.165) is 36.9 Å². The van der Waals surface area contributed by atoms with Gasteiger partial charge in [-0.1, -0.05) is 42.5 Å². The number of halogens is 1. The maximum absolute atomic E-state index is 5.21. The lowest BCUT2D eigenvalue weighted by Gasteiger charge is -2.12. The van der Waals surface area contributed by atoms with Gasteiger partial charge in [-0.15, -0.1) is 24.0 Å². The quantitative estimate of drug-likeness (QED) is 0.260. The van der Waals surface area contributed by atoms with Gasteiger partial charge in [0.25, 0.3) is 0 Å². The summed E-state index contributed by atoms with van der Waals surface area (Å²) < 4.78 is 7.28. The van der Waals surface area contributed by atoms with Gasteiger partial charge in [0.15, 0.2) is 5.96 Å². The minimum absolute atomic E-state index is 0. The van der Waals surface area contributed by atoms with Gasteiger partial charge in [0.2, 0.25) is 0 Å². The van der Waals surface area contributed by atoms with Crippen LogP contribution in [0.4, 0.5) is 0 Å². The van der Waals surface area contributed by atoms with Gasteiger partial charge in [0.1, 0.15) is 5.75 Å². The number of hydrogen-bond donors (Lipinski definition) is 2. The molecule has 0 spiro atoms. The number of nitrogens with zero attached hydrogens (tertiary/aromatic N) is 3. The fraction of sp³-hybridized carbons (Fsp3) is 0.333. The van der Waals surface area contributed by atoms with Crippen LogP contribution in [0.5, 0.6) is 5.75 Å². The standard InChI is InChI=1S/C24H31N5O.HI/c1-18-23(19(2)29(28-18)17-21-8-6-5-7-9-21)16-27-24(25-3)26-15-14-20-10-12-22(30-4)13-11-20;/h5-13H,14-17H2,1-4H3,(H2,25,26,27);1H. The van der Waals surface area contributed by atoms with Gasteiger partial charge in [-0.25, -0.2) is 0 Å². The van der Waals surface area contributed by atoms with Crippen molar-refractivity contribution in [2.45, 2.75) is 33.4 Å². The average Bonchev–Trinajstić information content (AvgIpc) is 3.04. The first-order valence-corrected chi connectivity index (χ1v) is 10.2. The van der Waals surface area contributed by atoms with Crippen molar-refractivity contribution in [3.63, 3.8) is 0 Å². The lowest BCUT2D eigenvalue weighted by Crippen LogP contribution is -2.38. The van der Waals surface area contributed by atoms with Crippen LogP contribution in [-0.2, 0) is 19.5 Å². The van der Waals surface area contributed by atoms with Crippen molar-refractivity contribution >= 4 is 29.9 Å². The van der Waals surface area contributed by atoms with Crippen molar-refractivity contribution in [3.8, 4) is 5.75 Å². The largest absolute Gasteiger partial charge is 0.497 e. The molecule has 0 fully saturated rings. The molecule has 0 aliphatic carbocycles. The molecule has 0 aliphatic heterocycles. The summed E-state index contributed by atoms with van der Waals surface area (Å²) in [4.78, 5) is 4.34. The molecule has 2 aromatic carbocycles. The van der Waals surface area contributed by atoms with Gasteiger partial charge >= 0.3 is 0 Å². The fourth-order valence-corrected chi connectivity index (χ4v) is 3.41. The third-order valence-electron chi connectivity index (χ3n) is 5.23. The summed E-state index contributed by atoms with van der Waals surface area (Å²) in [7, 11) is 3.47. The Hall–Kier alpha value is -2.55. The molecule has 7 heteroatoms. The molecule has 3 rings (SSSR count). The Bertz CT molecular complexity index is 968. The second-order valence-corrected chi connectivity index (χ2v) is 7.24. The monoisotopic (exact) mass is 533 g/mol. The lowest BCUT2D eigenvalue weighted by atomic mass is 10.1. The second-order valence-electron chi connectivity index (χ2n) is 7.24. The van der Waals surface area contributed by atoms with E-state index < -0.39 is 0 Å². The minimum atomic E-state index is 0. The summed E-state index contributed by atoms with van der Waals surface area (Å²) >= 11 is 0. The van der Waals surface area contributed by atoms with E-state index >= 15 is 0 Å². The van der Waals surface area contributed by atoms with Gasteiger partial charge in [-0.3, -0.25) is 9.67 Å². The zero-order chi connectivity index (χ0) is 21.3. The zero-order valence-corrected chi connectivity index (χ0v) is 21.0. The number of guanidine groups is 1. The van der Waals surface area contributed by atoms with Gasteiger partial charge in [-0.05, 0) is 43.5 Å².